The first kappa shape index (κ1) is 30.4. The number of halogens is 1. The van der Waals surface area contributed by atoms with E-state index in [1.54, 1.807) is 0 Å². The van der Waals surface area contributed by atoms with E-state index in [0.29, 0.717) is 30.2 Å². The number of H-pyrrole nitrogens is 2. The summed E-state index contributed by atoms with van der Waals surface area (Å²) in [6.07, 6.45) is 8.24. The van der Waals surface area contributed by atoms with Crippen LogP contribution in [-0.4, -0.2) is 66.7 Å². The number of anilines is 1. The molecule has 0 saturated carbocycles. The molecule has 2 N–H and O–H groups in total. The van der Waals surface area contributed by atoms with E-state index in [-0.39, 0.29) is 0 Å². The van der Waals surface area contributed by atoms with E-state index in [1.165, 1.54) is 27.6 Å². The van der Waals surface area contributed by atoms with E-state index < -0.39 is 0 Å². The lowest BCUT2D eigenvalue weighted by Gasteiger charge is -2.36. The summed E-state index contributed by atoms with van der Waals surface area (Å²) in [5.74, 6) is 2.40. The number of ether oxygens (including phenoxy) is 2. The quantitative estimate of drug-likeness (QED) is 0.185. The van der Waals surface area contributed by atoms with Crippen molar-refractivity contribution in [3.05, 3.63) is 89.2 Å². The lowest BCUT2D eigenvalue weighted by Crippen LogP contribution is -2.46. The number of aromatic amines is 2. The summed E-state index contributed by atoms with van der Waals surface area (Å²) in [5, 5.41) is 20.2. The first-order chi connectivity index (χ1) is 22.1. The largest absolute Gasteiger partial charge is 0.486 e. The Morgan fingerprint density at radius 3 is 1.91 bits per heavy atom. The second-order valence-corrected chi connectivity index (χ2v) is 11.8. The Labute approximate surface area is 268 Å². The fraction of sp³-hybridized carbons (Fsp3) is 0.333. The average Bonchev–Trinajstić information content (AvgIpc) is 3.70. The topological polar surface area (TPSA) is 104 Å². The molecule has 0 atom stereocenters. The van der Waals surface area contributed by atoms with E-state index in [0.717, 1.165) is 80.9 Å². The number of benzene rings is 3. The van der Waals surface area contributed by atoms with Gasteiger partial charge in [-0.3, -0.25) is 4.90 Å². The summed E-state index contributed by atoms with van der Waals surface area (Å²) in [6, 6.07) is 22.2. The maximum atomic E-state index is 9.05. The number of alkyl halides is 1. The van der Waals surface area contributed by atoms with E-state index in [4.69, 9.17) is 31.6 Å². The molecule has 45 heavy (non-hydrogen) atoms. The van der Waals surface area contributed by atoms with Crippen molar-refractivity contribution >= 4 is 39.1 Å². The van der Waals surface area contributed by atoms with Crippen LogP contribution in [0, 0.1) is 22.7 Å². The first-order valence-corrected chi connectivity index (χ1v) is 16.1. The van der Waals surface area contributed by atoms with Gasteiger partial charge in [0, 0.05) is 78.0 Å². The lowest BCUT2D eigenvalue weighted by atomic mass is 10.1. The second kappa shape index (κ2) is 14.4. The molecular weight excluding hydrogens is 584 g/mol. The minimum absolute atomic E-state index is 0.625. The summed E-state index contributed by atoms with van der Waals surface area (Å²) in [5.41, 5.74) is 7.30. The molecule has 0 amide bonds. The van der Waals surface area contributed by atoms with Gasteiger partial charge in [0.2, 0.25) is 0 Å². The molecule has 7 rings (SSSR count). The highest BCUT2D eigenvalue weighted by Crippen LogP contribution is 2.34. The normalized spacial score (nSPS) is 14.5. The molecule has 3 aromatic carbocycles. The molecule has 0 bridgehead atoms. The molecule has 0 radical (unpaired) electrons. The predicted molar refractivity (Wildman–Crippen MR) is 179 cm³/mol. The van der Waals surface area contributed by atoms with Gasteiger partial charge in [0.1, 0.15) is 13.2 Å². The van der Waals surface area contributed by atoms with Crippen molar-refractivity contribution in [1.82, 2.24) is 14.9 Å². The molecule has 1 saturated heterocycles. The minimum atomic E-state index is 0.625. The van der Waals surface area contributed by atoms with Crippen molar-refractivity contribution in [2.75, 3.05) is 56.7 Å². The Bertz CT molecular complexity index is 1840. The molecule has 0 aliphatic carbocycles. The van der Waals surface area contributed by atoms with Gasteiger partial charge in [-0.2, -0.15) is 10.5 Å². The Balaban J connectivity index is 0.000000200. The number of hydrogen-bond donors (Lipinski definition) is 2. The lowest BCUT2D eigenvalue weighted by molar-refractivity contribution is 0.171. The van der Waals surface area contributed by atoms with Gasteiger partial charge in [-0.05, 0) is 79.8 Å². The van der Waals surface area contributed by atoms with Gasteiger partial charge in [0.15, 0.2) is 11.5 Å². The summed E-state index contributed by atoms with van der Waals surface area (Å²) in [4.78, 5) is 11.5. The number of hydrogen-bond acceptors (Lipinski definition) is 6. The number of nitriles is 2. The molecular formula is C36H37ClN6O2. The van der Waals surface area contributed by atoms with Gasteiger partial charge in [-0.1, -0.05) is 12.1 Å². The number of aromatic nitrogens is 2. The molecule has 2 aliphatic rings. The van der Waals surface area contributed by atoms with E-state index in [9.17, 15) is 0 Å². The number of nitrogens with zero attached hydrogens (tertiary/aromatic N) is 4. The fourth-order valence-electron chi connectivity index (χ4n) is 6.13. The van der Waals surface area contributed by atoms with Crippen molar-refractivity contribution in [3.8, 4) is 23.6 Å². The Morgan fingerprint density at radius 2 is 1.31 bits per heavy atom. The summed E-state index contributed by atoms with van der Waals surface area (Å²) in [7, 11) is 0. The van der Waals surface area contributed by atoms with Gasteiger partial charge in [-0.25, -0.2) is 0 Å². The summed E-state index contributed by atoms with van der Waals surface area (Å²) < 4.78 is 11.4. The smallest absolute Gasteiger partial charge is 0.163 e. The maximum absolute atomic E-state index is 9.05. The van der Waals surface area contributed by atoms with Crippen molar-refractivity contribution in [1.29, 1.82) is 10.5 Å². The predicted octanol–water partition coefficient (Wildman–Crippen LogP) is 6.78. The van der Waals surface area contributed by atoms with Gasteiger partial charge >= 0.3 is 0 Å². The van der Waals surface area contributed by atoms with Crippen LogP contribution in [0.5, 0.6) is 11.5 Å². The zero-order valence-electron chi connectivity index (χ0n) is 25.3. The van der Waals surface area contributed by atoms with Crippen LogP contribution in [0.2, 0.25) is 0 Å². The van der Waals surface area contributed by atoms with Crippen molar-refractivity contribution in [2.24, 2.45) is 0 Å². The monoisotopic (exact) mass is 620 g/mol. The summed E-state index contributed by atoms with van der Waals surface area (Å²) >= 11 is 5.66. The number of aryl methyl sites for hydroxylation is 2. The van der Waals surface area contributed by atoms with Crippen molar-refractivity contribution < 1.29 is 9.47 Å². The number of nitrogens with one attached hydrogen (secondary N) is 2. The second-order valence-electron chi connectivity index (χ2n) is 11.4. The number of rotatable bonds is 8. The van der Waals surface area contributed by atoms with Crippen molar-refractivity contribution in [3.63, 3.8) is 0 Å². The van der Waals surface area contributed by atoms with Crippen LogP contribution in [0.15, 0.2) is 67.0 Å². The zero-order chi connectivity index (χ0) is 31.0. The third-order valence-electron chi connectivity index (χ3n) is 8.56. The molecule has 5 aromatic rings. The Morgan fingerprint density at radius 1 is 0.711 bits per heavy atom. The van der Waals surface area contributed by atoms with Gasteiger partial charge in [0.05, 0.1) is 23.3 Å². The molecule has 0 spiro atoms. The number of piperazine rings is 1. The SMILES string of the molecule is N#Cc1ccc2c(CCCCl)c[nH]c2c1.N#Cc1ccc2c(CCCN3CCN(c4ccc5c(c4)OCCO5)CC3)c[nH]c2c1. The molecule has 2 aliphatic heterocycles. The maximum Gasteiger partial charge on any atom is 0.163 e. The standard InChI is InChI=1S/C24H26N4O2.C12H11ClN2/c25-16-18-3-5-21-19(17-26-22(21)14-18)2-1-7-27-8-10-28(11-9-27)20-4-6-23-24(15-20)30-13-12-29-23;13-5-1-2-10-8-15-12-6-9(7-14)3-4-11(10)12/h3-6,14-15,17,26H,1-2,7-13H2;3-4,6,8,15H,1-2,5H2. The van der Waals surface area contributed by atoms with Gasteiger partial charge in [-0.15, -0.1) is 11.6 Å². The molecule has 1 fully saturated rings. The van der Waals surface area contributed by atoms with E-state index in [2.05, 4.69) is 56.3 Å². The third-order valence-corrected chi connectivity index (χ3v) is 8.82. The molecule has 8 nitrogen and oxygen atoms in total. The number of fused-ring (bicyclic) bond motifs is 3. The molecule has 230 valence electrons. The average molecular weight is 621 g/mol. The highest BCUT2D eigenvalue weighted by atomic mass is 35.5. The van der Waals surface area contributed by atoms with Crippen LogP contribution in [0.1, 0.15) is 35.1 Å². The molecule has 2 aromatic heterocycles. The first-order valence-electron chi connectivity index (χ1n) is 15.6. The fourth-order valence-corrected chi connectivity index (χ4v) is 6.27. The van der Waals surface area contributed by atoms with Gasteiger partial charge < -0.3 is 24.3 Å². The van der Waals surface area contributed by atoms with Gasteiger partial charge in [0.25, 0.3) is 0 Å². The van der Waals surface area contributed by atoms with Crippen LogP contribution in [0.25, 0.3) is 21.8 Å². The van der Waals surface area contributed by atoms with Crippen LogP contribution in [0.4, 0.5) is 5.69 Å². The molecule has 0 unspecified atom stereocenters. The van der Waals surface area contributed by atoms with Crippen LogP contribution in [0.3, 0.4) is 0 Å². The van der Waals surface area contributed by atoms with Crippen LogP contribution in [-0.2, 0) is 12.8 Å². The summed E-state index contributed by atoms with van der Waals surface area (Å²) in [6.45, 7) is 6.58. The van der Waals surface area contributed by atoms with Crippen molar-refractivity contribution in [2.45, 2.75) is 25.7 Å². The van der Waals surface area contributed by atoms with Crippen LogP contribution < -0.4 is 14.4 Å². The van der Waals surface area contributed by atoms with E-state index >= 15 is 0 Å². The van der Waals surface area contributed by atoms with Crippen LogP contribution >= 0.6 is 11.6 Å². The highest BCUT2D eigenvalue weighted by Gasteiger charge is 2.20. The third kappa shape index (κ3) is 7.20. The Kier molecular flexibility index (Phi) is 9.75. The minimum Gasteiger partial charge on any atom is -0.486 e. The van der Waals surface area contributed by atoms with E-state index in [1.807, 2.05) is 42.6 Å². The zero-order valence-corrected chi connectivity index (χ0v) is 26.1. The molecule has 4 heterocycles. The molecule has 9 heteroatoms. The highest BCUT2D eigenvalue weighted by molar-refractivity contribution is 6.17. The Hall–Kier alpha value is -4.63.